The number of isocyanates is 2. The molecule has 0 aromatic rings. The van der Waals surface area contributed by atoms with E-state index in [-0.39, 0.29) is 5.82 Å². The summed E-state index contributed by atoms with van der Waals surface area (Å²) < 4.78 is 0. The van der Waals surface area contributed by atoms with Gasteiger partial charge in [-0.25, -0.2) is 9.59 Å². The molecule has 0 aliphatic rings. The molecule has 0 amide bonds. The Morgan fingerprint density at radius 2 is 1.67 bits per heavy atom. The van der Waals surface area contributed by atoms with Crippen LogP contribution in [0.4, 0.5) is 0 Å². The Balaban J connectivity index is 3.80. The van der Waals surface area contributed by atoms with Crippen LogP contribution >= 0.6 is 0 Å². The Labute approximate surface area is 89.8 Å². The summed E-state index contributed by atoms with van der Waals surface area (Å²) in [5.41, 5.74) is 0. The summed E-state index contributed by atoms with van der Waals surface area (Å²) in [5, 5.41) is 0. The molecule has 0 N–H and O–H groups in total. The fraction of sp³-hybridized carbons (Fsp3) is 0.636. The van der Waals surface area contributed by atoms with Crippen LogP contribution in [0, 0.1) is 0 Å². The summed E-state index contributed by atoms with van der Waals surface area (Å²) in [7, 11) is 0. The lowest BCUT2D eigenvalue weighted by atomic mass is 10.1. The van der Waals surface area contributed by atoms with Gasteiger partial charge in [0, 0.05) is 0 Å². The fourth-order valence-electron chi connectivity index (χ4n) is 1.19. The van der Waals surface area contributed by atoms with Crippen molar-refractivity contribution in [3.8, 4) is 0 Å². The van der Waals surface area contributed by atoms with E-state index in [1.165, 1.54) is 31.4 Å². The first-order valence-corrected chi connectivity index (χ1v) is 5.21. The summed E-state index contributed by atoms with van der Waals surface area (Å²) in [4.78, 5) is 26.4. The van der Waals surface area contributed by atoms with Crippen LogP contribution in [0.1, 0.15) is 45.4 Å². The van der Waals surface area contributed by atoms with Crippen molar-refractivity contribution in [3.05, 3.63) is 11.9 Å². The topological polar surface area (TPSA) is 58.9 Å². The van der Waals surface area contributed by atoms with Crippen LogP contribution in [-0.2, 0) is 9.59 Å². The van der Waals surface area contributed by atoms with Crippen LogP contribution in [0.2, 0.25) is 0 Å². The van der Waals surface area contributed by atoms with Crippen molar-refractivity contribution < 1.29 is 9.59 Å². The molecule has 0 aliphatic heterocycles. The van der Waals surface area contributed by atoms with Crippen molar-refractivity contribution in [2.45, 2.75) is 45.4 Å². The van der Waals surface area contributed by atoms with E-state index in [0.717, 1.165) is 19.3 Å². The SMILES string of the molecule is CCCCCCCC=C(N=C=O)N=C=O. The molecule has 4 nitrogen and oxygen atoms in total. The van der Waals surface area contributed by atoms with Gasteiger partial charge in [0.25, 0.3) is 0 Å². The molecule has 0 unspecified atom stereocenters. The van der Waals surface area contributed by atoms with Crippen molar-refractivity contribution >= 4 is 12.2 Å². The highest BCUT2D eigenvalue weighted by Gasteiger charge is 1.91. The zero-order chi connectivity index (χ0) is 11.4. The van der Waals surface area contributed by atoms with Gasteiger partial charge in [-0.1, -0.05) is 32.6 Å². The van der Waals surface area contributed by atoms with Gasteiger partial charge in [-0.05, 0) is 18.9 Å². The van der Waals surface area contributed by atoms with E-state index in [0.29, 0.717) is 0 Å². The summed E-state index contributed by atoms with van der Waals surface area (Å²) in [6.45, 7) is 2.16. The molecule has 0 saturated heterocycles. The van der Waals surface area contributed by atoms with E-state index in [1.807, 2.05) is 0 Å². The van der Waals surface area contributed by atoms with Crippen molar-refractivity contribution in [2.75, 3.05) is 0 Å². The second-order valence-corrected chi connectivity index (χ2v) is 3.17. The van der Waals surface area contributed by atoms with Crippen molar-refractivity contribution in [3.63, 3.8) is 0 Å². The van der Waals surface area contributed by atoms with Gasteiger partial charge in [0.15, 0.2) is 5.82 Å². The van der Waals surface area contributed by atoms with E-state index in [1.54, 1.807) is 6.08 Å². The minimum Gasteiger partial charge on any atom is -0.211 e. The monoisotopic (exact) mass is 208 g/mol. The lowest BCUT2D eigenvalue weighted by Gasteiger charge is -1.96. The summed E-state index contributed by atoms with van der Waals surface area (Å²) in [6.07, 6.45) is 11.0. The summed E-state index contributed by atoms with van der Waals surface area (Å²) >= 11 is 0. The summed E-state index contributed by atoms with van der Waals surface area (Å²) in [6, 6.07) is 0. The molecule has 0 aromatic carbocycles. The maximum atomic E-state index is 9.94. The number of unbranched alkanes of at least 4 members (excludes halogenated alkanes) is 5. The maximum absolute atomic E-state index is 9.94. The van der Waals surface area contributed by atoms with Gasteiger partial charge in [0.05, 0.1) is 0 Å². The third-order valence-corrected chi connectivity index (χ3v) is 1.95. The van der Waals surface area contributed by atoms with Gasteiger partial charge < -0.3 is 0 Å². The standard InChI is InChI=1S/C11H16N2O2/c1-2-3-4-5-6-7-8-11(12-9-14)13-10-15/h8H,2-7H2,1H3. The van der Waals surface area contributed by atoms with E-state index in [4.69, 9.17) is 0 Å². The van der Waals surface area contributed by atoms with Gasteiger partial charge in [-0.3, -0.25) is 0 Å². The quantitative estimate of drug-likeness (QED) is 0.350. The third-order valence-electron chi connectivity index (χ3n) is 1.95. The molecule has 82 valence electrons. The molecule has 0 heterocycles. The molecule has 0 aromatic heterocycles. The first kappa shape index (κ1) is 13.5. The van der Waals surface area contributed by atoms with Gasteiger partial charge in [-0.15, -0.1) is 9.98 Å². The zero-order valence-electron chi connectivity index (χ0n) is 9.03. The Morgan fingerprint density at radius 3 is 2.20 bits per heavy atom. The molecule has 15 heavy (non-hydrogen) atoms. The van der Waals surface area contributed by atoms with Crippen molar-refractivity contribution in [1.82, 2.24) is 0 Å². The van der Waals surface area contributed by atoms with E-state index in [9.17, 15) is 9.59 Å². The lowest BCUT2D eigenvalue weighted by Crippen LogP contribution is -1.78. The van der Waals surface area contributed by atoms with Crippen LogP contribution < -0.4 is 0 Å². The normalized spacial score (nSPS) is 8.60. The minimum atomic E-state index is 0.107. The number of rotatable bonds is 8. The molecule has 4 heteroatoms. The fourth-order valence-corrected chi connectivity index (χ4v) is 1.19. The number of hydrogen-bond donors (Lipinski definition) is 0. The molecule has 0 saturated carbocycles. The average molecular weight is 208 g/mol. The molecule has 0 bridgehead atoms. The first-order chi connectivity index (χ1) is 7.35. The first-order valence-electron chi connectivity index (χ1n) is 5.21. The Bertz CT molecular complexity index is 265. The predicted molar refractivity (Wildman–Crippen MR) is 57.7 cm³/mol. The Kier molecular flexibility index (Phi) is 9.52. The molecule has 0 radical (unpaired) electrons. The third kappa shape index (κ3) is 8.82. The van der Waals surface area contributed by atoms with Crippen LogP contribution in [0.25, 0.3) is 0 Å². The number of nitrogens with zero attached hydrogens (tertiary/aromatic N) is 2. The highest BCUT2D eigenvalue weighted by molar-refractivity contribution is 5.41. The molecular formula is C11H16N2O2. The van der Waals surface area contributed by atoms with Crippen LogP contribution in [0.3, 0.4) is 0 Å². The van der Waals surface area contributed by atoms with Crippen LogP contribution in [-0.4, -0.2) is 12.2 Å². The highest BCUT2D eigenvalue weighted by Crippen LogP contribution is 2.07. The second-order valence-electron chi connectivity index (χ2n) is 3.17. The van der Waals surface area contributed by atoms with Gasteiger partial charge in [0.2, 0.25) is 12.2 Å². The van der Waals surface area contributed by atoms with Crippen molar-refractivity contribution in [1.29, 1.82) is 0 Å². The molecule has 0 aliphatic carbocycles. The second kappa shape index (κ2) is 10.6. The largest absolute Gasteiger partial charge is 0.242 e. The van der Waals surface area contributed by atoms with E-state index in [2.05, 4.69) is 16.9 Å². The zero-order valence-corrected chi connectivity index (χ0v) is 9.03. The molecule has 0 spiro atoms. The minimum absolute atomic E-state index is 0.107. The molecular weight excluding hydrogens is 192 g/mol. The number of allylic oxidation sites excluding steroid dienone is 1. The maximum Gasteiger partial charge on any atom is 0.242 e. The smallest absolute Gasteiger partial charge is 0.211 e. The number of carbonyl (C=O) groups excluding carboxylic acids is 2. The average Bonchev–Trinajstić information content (AvgIpc) is 2.24. The van der Waals surface area contributed by atoms with Crippen molar-refractivity contribution in [2.24, 2.45) is 9.98 Å². The highest BCUT2D eigenvalue weighted by atomic mass is 16.1. The molecule has 0 rings (SSSR count). The van der Waals surface area contributed by atoms with Gasteiger partial charge in [0.1, 0.15) is 0 Å². The number of hydrogen-bond acceptors (Lipinski definition) is 4. The summed E-state index contributed by atoms with van der Waals surface area (Å²) in [5.74, 6) is 0.107. The predicted octanol–water partition coefficient (Wildman–Crippen LogP) is 2.86. The van der Waals surface area contributed by atoms with Crippen LogP contribution in [0.15, 0.2) is 21.9 Å². The van der Waals surface area contributed by atoms with Gasteiger partial charge in [-0.2, -0.15) is 0 Å². The number of aliphatic imine (C=N–C) groups is 2. The molecule has 0 fully saturated rings. The van der Waals surface area contributed by atoms with E-state index < -0.39 is 0 Å². The Morgan fingerprint density at radius 1 is 1.07 bits per heavy atom. The van der Waals surface area contributed by atoms with Gasteiger partial charge >= 0.3 is 0 Å². The van der Waals surface area contributed by atoms with Crippen LogP contribution in [0.5, 0.6) is 0 Å². The Hall–Kier alpha value is -1.50. The van der Waals surface area contributed by atoms with E-state index >= 15 is 0 Å². The lowest BCUT2D eigenvalue weighted by molar-refractivity contribution is 0.562. The molecule has 0 atom stereocenters.